The zero-order valence-corrected chi connectivity index (χ0v) is 14.9. The zero-order chi connectivity index (χ0) is 18.7. The fourth-order valence-electron chi connectivity index (χ4n) is 2.90. The summed E-state index contributed by atoms with van der Waals surface area (Å²) in [5, 5.41) is 0.803. The van der Waals surface area contributed by atoms with Gasteiger partial charge < -0.3 is 15.0 Å². The maximum atomic E-state index is 11.8. The molecule has 3 rings (SSSR count). The number of ether oxygens (including phenoxy) is 1. The number of methoxy groups -OCH3 is 1. The lowest BCUT2D eigenvalue weighted by atomic mass is 10.1. The third-order valence-corrected chi connectivity index (χ3v) is 4.27. The first-order chi connectivity index (χ1) is 12.5. The van der Waals surface area contributed by atoms with Gasteiger partial charge in [-0.15, -0.1) is 0 Å². The first-order valence-electron chi connectivity index (χ1n) is 8.25. The van der Waals surface area contributed by atoms with Crippen molar-refractivity contribution in [2.45, 2.75) is 13.5 Å². The first-order valence-corrected chi connectivity index (χ1v) is 8.25. The van der Waals surface area contributed by atoms with Crippen molar-refractivity contribution in [1.82, 2.24) is 9.55 Å². The summed E-state index contributed by atoms with van der Waals surface area (Å²) in [6.07, 6.45) is 7.28. The van der Waals surface area contributed by atoms with Crippen molar-refractivity contribution < 1.29 is 9.53 Å². The largest absolute Gasteiger partial charge is 0.497 e. The molecule has 0 radical (unpaired) electrons. The molecule has 2 heterocycles. The van der Waals surface area contributed by atoms with Gasteiger partial charge in [-0.25, -0.2) is 0 Å². The zero-order valence-electron chi connectivity index (χ0n) is 14.9. The summed E-state index contributed by atoms with van der Waals surface area (Å²) in [6, 6.07) is 9.59. The van der Waals surface area contributed by atoms with Crippen molar-refractivity contribution in [3.63, 3.8) is 0 Å². The number of carbonyl (C=O) groups excluding carboxylic acids is 1. The first kappa shape index (κ1) is 17.5. The number of fused-ring (bicyclic) bond motifs is 1. The highest BCUT2D eigenvalue weighted by Crippen LogP contribution is 2.26. The molecule has 0 unspecified atom stereocenters. The number of hydrogen-bond acceptors (Lipinski definition) is 3. The van der Waals surface area contributed by atoms with Gasteiger partial charge in [-0.2, -0.15) is 0 Å². The number of nitrogens with zero attached hydrogens (tertiary/aromatic N) is 2. The fourth-order valence-corrected chi connectivity index (χ4v) is 2.90. The summed E-state index contributed by atoms with van der Waals surface area (Å²) < 4.78 is 7.28. The molecule has 0 atom stereocenters. The van der Waals surface area contributed by atoms with Crippen molar-refractivity contribution in [3.8, 4) is 5.75 Å². The maximum absolute atomic E-state index is 11.8. The second kappa shape index (κ2) is 7.27. The van der Waals surface area contributed by atoms with Crippen LogP contribution in [-0.4, -0.2) is 22.6 Å². The molecule has 2 N–H and O–H groups in total. The van der Waals surface area contributed by atoms with Crippen LogP contribution in [0.3, 0.4) is 0 Å². The molecule has 132 valence electrons. The quantitative estimate of drug-likeness (QED) is 0.691. The van der Waals surface area contributed by atoms with E-state index in [1.807, 2.05) is 54.0 Å². The van der Waals surface area contributed by atoms with E-state index in [-0.39, 0.29) is 0 Å². The minimum Gasteiger partial charge on any atom is -0.497 e. The number of hydrogen-bond donors (Lipinski definition) is 1. The van der Waals surface area contributed by atoms with E-state index in [0.717, 1.165) is 33.6 Å². The summed E-state index contributed by atoms with van der Waals surface area (Å²) >= 11 is 0. The van der Waals surface area contributed by atoms with Crippen molar-refractivity contribution in [2.24, 2.45) is 5.73 Å². The molecule has 0 bridgehead atoms. The maximum Gasteiger partial charge on any atom is 0.250 e. The highest BCUT2D eigenvalue weighted by molar-refractivity contribution is 6.06. The number of rotatable bonds is 6. The van der Waals surface area contributed by atoms with Crippen LogP contribution in [0.4, 0.5) is 0 Å². The highest BCUT2D eigenvalue weighted by Gasteiger charge is 2.14. The fraction of sp³-hybridized carbons (Fsp3) is 0.143. The van der Waals surface area contributed by atoms with E-state index >= 15 is 0 Å². The number of aryl methyl sites for hydroxylation is 1. The SMILES string of the molecule is C=C/C=C\c1nc(Cn2cc(C(N)=O)c3ccc(OC)cc32)ccc1C. The topological polar surface area (TPSA) is 70.1 Å². The molecule has 0 aliphatic carbocycles. The molecule has 0 aliphatic rings. The van der Waals surface area contributed by atoms with Crippen LogP contribution in [0.2, 0.25) is 0 Å². The third kappa shape index (κ3) is 3.37. The van der Waals surface area contributed by atoms with Crippen LogP contribution in [0.5, 0.6) is 5.75 Å². The third-order valence-electron chi connectivity index (χ3n) is 4.27. The van der Waals surface area contributed by atoms with E-state index in [4.69, 9.17) is 15.5 Å². The lowest BCUT2D eigenvalue weighted by Crippen LogP contribution is -2.10. The average molecular weight is 347 g/mol. The van der Waals surface area contributed by atoms with Crippen LogP contribution in [0, 0.1) is 6.92 Å². The number of primary amides is 1. The number of nitrogens with two attached hydrogens (primary N) is 1. The number of allylic oxidation sites excluding steroid dienone is 2. The van der Waals surface area contributed by atoms with Gasteiger partial charge in [-0.1, -0.05) is 24.8 Å². The standard InChI is InChI=1S/C21H21N3O2/c1-4-5-6-19-14(2)7-8-15(23-19)12-24-13-18(21(22)25)17-10-9-16(26-3)11-20(17)24/h4-11,13H,1,12H2,2-3H3,(H2,22,25)/b6-5-. The predicted octanol–water partition coefficient (Wildman–Crippen LogP) is 3.70. The van der Waals surface area contributed by atoms with Crippen LogP contribution in [0.1, 0.15) is 27.3 Å². The van der Waals surface area contributed by atoms with E-state index in [1.165, 1.54) is 0 Å². The van der Waals surface area contributed by atoms with Crippen molar-refractivity contribution in [3.05, 3.63) is 77.8 Å². The minimum atomic E-state index is -0.453. The van der Waals surface area contributed by atoms with Gasteiger partial charge in [-0.05, 0) is 36.8 Å². The summed E-state index contributed by atoms with van der Waals surface area (Å²) in [7, 11) is 1.61. The number of benzene rings is 1. The lowest BCUT2D eigenvalue weighted by Gasteiger charge is -2.08. The van der Waals surface area contributed by atoms with E-state index in [2.05, 4.69) is 6.58 Å². The molecule has 0 aliphatic heterocycles. The molecule has 0 saturated carbocycles. The Kier molecular flexibility index (Phi) is 4.89. The van der Waals surface area contributed by atoms with Crippen molar-refractivity contribution in [2.75, 3.05) is 7.11 Å². The molecule has 0 fully saturated rings. The summed E-state index contributed by atoms with van der Waals surface area (Å²) in [6.45, 7) is 6.23. The molecule has 3 aromatic rings. The second-order valence-electron chi connectivity index (χ2n) is 6.02. The van der Waals surface area contributed by atoms with Gasteiger partial charge in [0, 0.05) is 17.6 Å². The van der Waals surface area contributed by atoms with Crippen LogP contribution in [0.15, 0.2) is 55.3 Å². The number of carbonyl (C=O) groups is 1. The van der Waals surface area contributed by atoms with E-state index < -0.39 is 5.91 Å². The van der Waals surface area contributed by atoms with E-state index in [1.54, 1.807) is 19.4 Å². The van der Waals surface area contributed by atoms with Gasteiger partial charge in [0.05, 0.1) is 36.1 Å². The molecule has 2 aromatic heterocycles. The monoisotopic (exact) mass is 347 g/mol. The summed E-state index contributed by atoms with van der Waals surface area (Å²) in [4.78, 5) is 16.5. The number of aromatic nitrogens is 2. The Morgan fingerprint density at radius 2 is 2.15 bits per heavy atom. The lowest BCUT2D eigenvalue weighted by molar-refractivity contribution is 0.100. The van der Waals surface area contributed by atoms with Crippen LogP contribution < -0.4 is 10.5 Å². The minimum absolute atomic E-state index is 0.453. The van der Waals surface area contributed by atoms with E-state index in [9.17, 15) is 4.79 Å². The Morgan fingerprint density at radius 1 is 1.35 bits per heavy atom. The van der Waals surface area contributed by atoms with Gasteiger partial charge in [0.25, 0.3) is 5.91 Å². The molecule has 26 heavy (non-hydrogen) atoms. The van der Waals surface area contributed by atoms with Crippen LogP contribution in [0.25, 0.3) is 17.0 Å². The molecule has 1 aromatic carbocycles. The predicted molar refractivity (Wildman–Crippen MR) is 104 cm³/mol. The highest BCUT2D eigenvalue weighted by atomic mass is 16.5. The molecule has 5 heteroatoms. The van der Waals surface area contributed by atoms with Crippen molar-refractivity contribution in [1.29, 1.82) is 0 Å². The van der Waals surface area contributed by atoms with Gasteiger partial charge >= 0.3 is 0 Å². The Balaban J connectivity index is 2.07. The Labute approximate surface area is 152 Å². The Morgan fingerprint density at radius 3 is 2.85 bits per heavy atom. The Hall–Kier alpha value is -3.34. The Bertz CT molecular complexity index is 1020. The average Bonchev–Trinajstić information content (AvgIpc) is 3.00. The summed E-state index contributed by atoms with van der Waals surface area (Å²) in [5.41, 5.74) is 9.77. The second-order valence-corrected chi connectivity index (χ2v) is 6.02. The molecule has 1 amide bonds. The number of pyridine rings is 1. The van der Waals surface area contributed by atoms with E-state index in [0.29, 0.717) is 12.1 Å². The molecular weight excluding hydrogens is 326 g/mol. The molecule has 5 nitrogen and oxygen atoms in total. The number of amides is 1. The van der Waals surface area contributed by atoms with Gasteiger partial charge in [0.15, 0.2) is 0 Å². The van der Waals surface area contributed by atoms with Crippen LogP contribution >= 0.6 is 0 Å². The normalized spacial score (nSPS) is 11.2. The van der Waals surface area contributed by atoms with Crippen molar-refractivity contribution >= 4 is 22.9 Å². The van der Waals surface area contributed by atoms with Crippen LogP contribution in [-0.2, 0) is 6.54 Å². The van der Waals surface area contributed by atoms with Gasteiger partial charge in [0.1, 0.15) is 5.75 Å². The van der Waals surface area contributed by atoms with Gasteiger partial charge in [-0.3, -0.25) is 9.78 Å². The molecule has 0 spiro atoms. The van der Waals surface area contributed by atoms with Gasteiger partial charge in [0.2, 0.25) is 0 Å². The summed E-state index contributed by atoms with van der Waals surface area (Å²) in [5.74, 6) is 0.268. The molecule has 0 saturated heterocycles. The smallest absolute Gasteiger partial charge is 0.250 e. The molecular formula is C21H21N3O2.